The van der Waals surface area contributed by atoms with E-state index in [2.05, 4.69) is 27.7 Å². The lowest BCUT2D eigenvalue weighted by molar-refractivity contribution is -0.921. The predicted octanol–water partition coefficient (Wildman–Crippen LogP) is 6.37. The van der Waals surface area contributed by atoms with E-state index < -0.39 is 71.2 Å². The van der Waals surface area contributed by atoms with E-state index in [1.807, 2.05) is 0 Å². The number of hydrogen-bond acceptors (Lipinski definition) is 3. The van der Waals surface area contributed by atoms with Crippen molar-refractivity contribution in [3.05, 3.63) is 0 Å². The molecule has 17 heteroatoms. The Morgan fingerprint density at radius 1 is 0.714 bits per heavy atom. The Morgan fingerprint density at radius 3 is 1.34 bits per heavy atom. The first kappa shape index (κ1) is 36.2. The van der Waals surface area contributed by atoms with Crippen LogP contribution in [0, 0.1) is 0 Å². The maximum absolute atomic E-state index is 13.2. The molecule has 0 aliphatic rings. The van der Waals surface area contributed by atoms with Crippen molar-refractivity contribution in [2.45, 2.75) is 88.7 Å². The summed E-state index contributed by atoms with van der Waals surface area (Å²) in [5.41, 5.74) is 0. The van der Waals surface area contributed by atoms with Crippen molar-refractivity contribution in [3.8, 4) is 0 Å². The molecule has 1 atom stereocenters. The Hall–Kier alpha value is -0.970. The van der Waals surface area contributed by atoms with E-state index in [4.69, 9.17) is 0 Å². The predicted molar refractivity (Wildman–Crippen MR) is 101 cm³/mol. The Bertz CT molecular complexity index is 720. The highest BCUT2D eigenvalue weighted by Crippen LogP contribution is 2.55. The van der Waals surface area contributed by atoms with E-state index in [-0.39, 0.29) is 0 Å². The third-order valence-electron chi connectivity index (χ3n) is 5.74. The molecule has 0 fully saturated rings. The maximum atomic E-state index is 13.2. The maximum Gasteiger partial charge on any atom is 0.402 e. The molecule has 0 saturated heterocycles. The second-order valence-corrected chi connectivity index (χ2v) is 9.10. The van der Waals surface area contributed by atoms with Gasteiger partial charge in [-0.05, 0) is 47.0 Å². The molecule has 4 nitrogen and oxygen atoms in total. The summed E-state index contributed by atoms with van der Waals surface area (Å²) in [6.45, 7) is 14.2. The minimum Gasteiger partial charge on any atom is -0.743 e. The standard InChI is InChI=1S/C10H10F12O3S.C8H20N/c11-5(3-1-2-4-6(12,13)14)7(15,16)8(17,18)9(19,20)10(21,22)26(23,24)25;1-5-9(6-2,7-3)8-4/h5H,1-4H2,(H,23,24,25);5-8H2,1-4H3/q;+1/p-1. The van der Waals surface area contributed by atoms with Gasteiger partial charge >= 0.3 is 29.2 Å². The number of halogens is 12. The minimum absolute atomic E-state index is 1.06. The lowest BCUT2D eigenvalue weighted by Gasteiger charge is -2.38. The molecule has 0 saturated carbocycles. The Balaban J connectivity index is 0. The van der Waals surface area contributed by atoms with Gasteiger partial charge < -0.3 is 9.04 Å². The Labute approximate surface area is 196 Å². The molecular weight excluding hydrogens is 538 g/mol. The Kier molecular flexibility index (Phi) is 12.9. The lowest BCUT2D eigenvalue weighted by Crippen LogP contribution is -2.66. The zero-order valence-corrected chi connectivity index (χ0v) is 20.2. The first-order valence-electron chi connectivity index (χ1n) is 10.4. The van der Waals surface area contributed by atoms with E-state index in [0.29, 0.717) is 0 Å². The van der Waals surface area contributed by atoms with Gasteiger partial charge in [0.2, 0.25) is 0 Å². The molecule has 0 rings (SSSR count). The van der Waals surface area contributed by atoms with Gasteiger partial charge in [0, 0.05) is 6.42 Å². The van der Waals surface area contributed by atoms with Crippen molar-refractivity contribution in [1.82, 2.24) is 0 Å². The molecule has 35 heavy (non-hydrogen) atoms. The lowest BCUT2D eigenvalue weighted by atomic mass is 9.96. The number of rotatable bonds is 13. The van der Waals surface area contributed by atoms with Crippen molar-refractivity contribution in [3.63, 3.8) is 0 Å². The molecule has 0 heterocycles. The zero-order chi connectivity index (χ0) is 28.7. The van der Waals surface area contributed by atoms with Crippen LogP contribution in [0.3, 0.4) is 0 Å². The molecule has 214 valence electrons. The van der Waals surface area contributed by atoms with Crippen LogP contribution in [0.25, 0.3) is 0 Å². The fraction of sp³-hybridized carbons (Fsp3) is 1.00. The fourth-order valence-electron chi connectivity index (χ4n) is 2.92. The minimum atomic E-state index is -7.56. The summed E-state index contributed by atoms with van der Waals surface area (Å²) in [4.78, 5) is 0. The second kappa shape index (κ2) is 12.5. The smallest absolute Gasteiger partial charge is 0.402 e. The monoisotopic (exact) mass is 567 g/mol. The van der Waals surface area contributed by atoms with Gasteiger partial charge in [-0.3, -0.25) is 0 Å². The summed E-state index contributed by atoms with van der Waals surface area (Å²) in [6, 6.07) is 0. The van der Waals surface area contributed by atoms with Crippen LogP contribution in [0.15, 0.2) is 0 Å². The molecule has 0 aliphatic heterocycles. The van der Waals surface area contributed by atoms with E-state index in [0.717, 1.165) is 0 Å². The van der Waals surface area contributed by atoms with Crippen molar-refractivity contribution in [2.75, 3.05) is 26.2 Å². The topological polar surface area (TPSA) is 57.2 Å². The average molecular weight is 567 g/mol. The fourth-order valence-corrected chi connectivity index (χ4v) is 3.36. The van der Waals surface area contributed by atoms with Crippen molar-refractivity contribution < 1.29 is 70.1 Å². The van der Waals surface area contributed by atoms with Crippen LogP contribution in [0.2, 0.25) is 0 Å². The summed E-state index contributed by atoms with van der Waals surface area (Å²) in [5, 5.41) is -7.22. The molecule has 0 N–H and O–H groups in total. The summed E-state index contributed by atoms with van der Waals surface area (Å²) < 4.78 is 184. The third kappa shape index (κ3) is 8.54. The van der Waals surface area contributed by atoms with Gasteiger partial charge in [-0.2, -0.15) is 48.3 Å². The normalized spacial score (nSPS) is 15.5. The van der Waals surface area contributed by atoms with Crippen LogP contribution in [-0.2, 0) is 10.1 Å². The van der Waals surface area contributed by atoms with Crippen LogP contribution in [0.1, 0.15) is 53.4 Å². The van der Waals surface area contributed by atoms with E-state index in [1.165, 1.54) is 30.7 Å². The van der Waals surface area contributed by atoms with E-state index in [1.54, 1.807) is 0 Å². The molecular formula is C18H29F12NO3S. The molecule has 0 aromatic rings. The molecule has 0 aromatic carbocycles. The zero-order valence-electron chi connectivity index (χ0n) is 19.3. The molecule has 0 bridgehead atoms. The van der Waals surface area contributed by atoms with Crippen molar-refractivity contribution in [2.24, 2.45) is 0 Å². The summed E-state index contributed by atoms with van der Waals surface area (Å²) in [6.07, 6.45) is -14.9. The molecule has 0 radical (unpaired) electrons. The van der Waals surface area contributed by atoms with Crippen molar-refractivity contribution >= 4 is 10.1 Å². The summed E-state index contributed by atoms with van der Waals surface area (Å²) >= 11 is 0. The van der Waals surface area contributed by atoms with Gasteiger partial charge in [0.1, 0.15) is 0 Å². The van der Waals surface area contributed by atoms with Gasteiger partial charge in [-0.1, -0.05) is 0 Å². The average Bonchev–Trinajstić information content (AvgIpc) is 2.71. The SMILES string of the molecule is CC[N+](CC)(CC)CC.O=S(=O)([O-])C(F)(F)C(F)(F)C(F)(F)C(F)(F)C(F)CCCCC(F)(F)F. The molecule has 0 spiro atoms. The summed E-state index contributed by atoms with van der Waals surface area (Å²) in [7, 11) is -7.56. The van der Waals surface area contributed by atoms with E-state index in [9.17, 15) is 65.7 Å². The third-order valence-corrected chi connectivity index (χ3v) is 6.62. The van der Waals surface area contributed by atoms with Crippen molar-refractivity contribution in [1.29, 1.82) is 0 Å². The van der Waals surface area contributed by atoms with Crippen LogP contribution in [0.5, 0.6) is 0 Å². The summed E-state index contributed by atoms with van der Waals surface area (Å²) in [5.74, 6) is -21.5. The van der Waals surface area contributed by atoms with Gasteiger partial charge in [0.15, 0.2) is 16.3 Å². The molecule has 0 aromatic heterocycles. The van der Waals surface area contributed by atoms with Gasteiger partial charge in [0.25, 0.3) is 0 Å². The van der Waals surface area contributed by atoms with Crippen LogP contribution in [0.4, 0.5) is 52.7 Å². The highest BCUT2D eigenvalue weighted by Gasteiger charge is 2.84. The molecule has 0 amide bonds. The quantitative estimate of drug-likeness (QED) is 0.112. The Morgan fingerprint density at radius 2 is 1.09 bits per heavy atom. The highest BCUT2D eigenvalue weighted by atomic mass is 32.2. The van der Waals surface area contributed by atoms with Crippen LogP contribution in [-0.4, -0.2) is 79.0 Å². The number of quaternary nitrogens is 1. The largest absolute Gasteiger partial charge is 0.743 e. The van der Waals surface area contributed by atoms with Crippen LogP contribution >= 0.6 is 0 Å². The second-order valence-electron chi connectivity index (χ2n) is 7.68. The first-order valence-corrected chi connectivity index (χ1v) is 11.8. The van der Waals surface area contributed by atoms with Gasteiger partial charge in [-0.25, -0.2) is 12.8 Å². The number of alkyl halides is 12. The number of nitrogens with zero attached hydrogens (tertiary/aromatic N) is 1. The number of hydrogen-bond donors (Lipinski definition) is 0. The highest BCUT2D eigenvalue weighted by molar-refractivity contribution is 7.86. The first-order chi connectivity index (χ1) is 15.4. The van der Waals surface area contributed by atoms with Crippen LogP contribution < -0.4 is 0 Å². The van der Waals surface area contributed by atoms with E-state index >= 15 is 0 Å². The van der Waals surface area contributed by atoms with Gasteiger partial charge in [0.05, 0.1) is 26.2 Å². The number of unbranched alkanes of at least 4 members (excludes halogenated alkanes) is 1. The molecule has 1 unspecified atom stereocenters. The van der Waals surface area contributed by atoms with Gasteiger partial charge in [-0.15, -0.1) is 0 Å². The molecule has 0 aliphatic carbocycles.